The number of amides is 1. The van der Waals surface area contributed by atoms with Crippen LogP contribution < -0.4 is 10.1 Å². The second-order valence-electron chi connectivity index (χ2n) is 5.68. The zero-order valence-corrected chi connectivity index (χ0v) is 14.5. The van der Waals surface area contributed by atoms with Gasteiger partial charge in [0.25, 0.3) is 5.91 Å². The maximum Gasteiger partial charge on any atom is 0.261 e. The van der Waals surface area contributed by atoms with E-state index in [4.69, 9.17) is 16.3 Å². The van der Waals surface area contributed by atoms with E-state index < -0.39 is 6.10 Å². The number of hydrogen-bond donors (Lipinski definition) is 1. The van der Waals surface area contributed by atoms with E-state index >= 15 is 0 Å². The summed E-state index contributed by atoms with van der Waals surface area (Å²) < 4.78 is 5.68. The molecule has 5 heteroatoms. The van der Waals surface area contributed by atoms with Gasteiger partial charge in [-0.1, -0.05) is 52.9 Å². The fourth-order valence-corrected chi connectivity index (χ4v) is 3.56. The van der Waals surface area contributed by atoms with Crippen molar-refractivity contribution in [2.45, 2.75) is 50.7 Å². The first-order chi connectivity index (χ1) is 10.0. The van der Waals surface area contributed by atoms with Gasteiger partial charge >= 0.3 is 0 Å². The summed E-state index contributed by atoms with van der Waals surface area (Å²) in [6.07, 6.45) is 5.08. The van der Waals surface area contributed by atoms with Crippen LogP contribution >= 0.6 is 27.5 Å². The average molecular weight is 375 g/mol. The van der Waals surface area contributed by atoms with E-state index in [0.717, 1.165) is 31.0 Å². The lowest BCUT2D eigenvalue weighted by Crippen LogP contribution is -2.54. The van der Waals surface area contributed by atoms with Crippen LogP contribution in [-0.2, 0) is 4.79 Å². The first-order valence-electron chi connectivity index (χ1n) is 7.35. The monoisotopic (exact) mass is 373 g/mol. The minimum absolute atomic E-state index is 0.0728. The summed E-state index contributed by atoms with van der Waals surface area (Å²) in [4.78, 5) is 12.4. The Bertz CT molecular complexity index is 489. The number of alkyl halides is 1. The third kappa shape index (κ3) is 4.62. The zero-order chi connectivity index (χ0) is 15.3. The molecule has 21 heavy (non-hydrogen) atoms. The predicted octanol–water partition coefficient (Wildman–Crippen LogP) is 4.32. The number of carbonyl (C=O) groups excluding carboxylic acids is 1. The SMILES string of the molecule is CC(Oc1cccc(Cl)c1)C(=O)NC1(CBr)CCCCC1. The van der Waals surface area contributed by atoms with Gasteiger partial charge in [-0.15, -0.1) is 0 Å². The molecule has 0 heterocycles. The number of rotatable bonds is 5. The molecular formula is C16H21BrClNO2. The molecule has 1 aliphatic rings. The van der Waals surface area contributed by atoms with E-state index in [9.17, 15) is 4.79 Å². The van der Waals surface area contributed by atoms with Gasteiger partial charge in [-0.2, -0.15) is 0 Å². The molecule has 0 aliphatic heterocycles. The van der Waals surface area contributed by atoms with Crippen LogP contribution in [0.15, 0.2) is 24.3 Å². The topological polar surface area (TPSA) is 38.3 Å². The van der Waals surface area contributed by atoms with Crippen molar-refractivity contribution in [3.05, 3.63) is 29.3 Å². The first-order valence-corrected chi connectivity index (χ1v) is 8.85. The van der Waals surface area contributed by atoms with Crippen LogP contribution in [0.2, 0.25) is 5.02 Å². The van der Waals surface area contributed by atoms with Gasteiger partial charge < -0.3 is 10.1 Å². The molecule has 3 nitrogen and oxygen atoms in total. The fraction of sp³-hybridized carbons (Fsp3) is 0.562. The standard InChI is InChI=1S/C16H21BrClNO2/c1-12(21-14-7-5-6-13(18)10-14)15(20)19-16(11-17)8-3-2-4-9-16/h5-7,10,12H,2-4,8-9,11H2,1H3,(H,19,20). The van der Waals surface area contributed by atoms with Gasteiger partial charge in [-0.05, 0) is 38.0 Å². The fourth-order valence-electron chi connectivity index (χ4n) is 2.68. The molecule has 0 aromatic heterocycles. The molecule has 0 radical (unpaired) electrons. The molecule has 1 fully saturated rings. The highest BCUT2D eigenvalue weighted by Gasteiger charge is 2.34. The lowest BCUT2D eigenvalue weighted by molar-refractivity contribution is -0.129. The summed E-state index contributed by atoms with van der Waals surface area (Å²) in [6.45, 7) is 1.76. The number of ether oxygens (including phenoxy) is 1. The van der Waals surface area contributed by atoms with Crippen LogP contribution in [0.1, 0.15) is 39.0 Å². The maximum atomic E-state index is 12.4. The Balaban J connectivity index is 1.95. The third-order valence-corrected chi connectivity index (χ3v) is 5.24. The number of nitrogens with one attached hydrogen (secondary N) is 1. The van der Waals surface area contributed by atoms with Crippen molar-refractivity contribution >= 4 is 33.4 Å². The van der Waals surface area contributed by atoms with Gasteiger partial charge in [0.1, 0.15) is 5.75 Å². The quantitative estimate of drug-likeness (QED) is 0.779. The van der Waals surface area contributed by atoms with Crippen LogP contribution in [0.5, 0.6) is 5.75 Å². The van der Waals surface area contributed by atoms with E-state index in [1.165, 1.54) is 6.42 Å². The smallest absolute Gasteiger partial charge is 0.261 e. The molecule has 1 amide bonds. The van der Waals surface area contributed by atoms with Gasteiger partial charge in [-0.3, -0.25) is 4.79 Å². The lowest BCUT2D eigenvalue weighted by Gasteiger charge is -2.37. The highest BCUT2D eigenvalue weighted by molar-refractivity contribution is 9.09. The molecule has 1 atom stereocenters. The second-order valence-corrected chi connectivity index (χ2v) is 6.68. The summed E-state index contributed by atoms with van der Waals surface area (Å²) in [6, 6.07) is 7.10. The third-order valence-electron chi connectivity index (χ3n) is 3.93. The van der Waals surface area contributed by atoms with Gasteiger partial charge in [0.15, 0.2) is 6.10 Å². The molecule has 1 saturated carbocycles. The van der Waals surface area contributed by atoms with Crippen molar-refractivity contribution in [2.75, 3.05) is 5.33 Å². The van der Waals surface area contributed by atoms with Crippen LogP contribution in [0.3, 0.4) is 0 Å². The van der Waals surface area contributed by atoms with Crippen molar-refractivity contribution in [2.24, 2.45) is 0 Å². The molecule has 1 aliphatic carbocycles. The van der Waals surface area contributed by atoms with Gasteiger partial charge in [-0.25, -0.2) is 0 Å². The highest BCUT2D eigenvalue weighted by atomic mass is 79.9. The first kappa shape index (κ1) is 16.6. The summed E-state index contributed by atoms with van der Waals surface area (Å²) in [5.41, 5.74) is -0.124. The van der Waals surface area contributed by atoms with E-state index in [-0.39, 0.29) is 11.4 Å². The zero-order valence-electron chi connectivity index (χ0n) is 12.2. The van der Waals surface area contributed by atoms with Crippen LogP contribution in [0.25, 0.3) is 0 Å². The average Bonchev–Trinajstić information content (AvgIpc) is 2.48. The molecule has 1 unspecified atom stereocenters. The molecule has 116 valence electrons. The largest absolute Gasteiger partial charge is 0.481 e. The van der Waals surface area contributed by atoms with Crippen LogP contribution in [-0.4, -0.2) is 22.9 Å². The summed E-state index contributed by atoms with van der Waals surface area (Å²) >= 11 is 9.47. The maximum absolute atomic E-state index is 12.4. The Kier molecular flexibility index (Phi) is 5.94. The molecule has 2 rings (SSSR count). The highest BCUT2D eigenvalue weighted by Crippen LogP contribution is 2.30. The van der Waals surface area contributed by atoms with Gasteiger partial charge in [0, 0.05) is 15.9 Å². The lowest BCUT2D eigenvalue weighted by atomic mass is 9.83. The minimum atomic E-state index is -0.540. The number of hydrogen-bond acceptors (Lipinski definition) is 2. The Morgan fingerprint density at radius 3 is 2.76 bits per heavy atom. The molecule has 0 saturated heterocycles. The van der Waals surface area contributed by atoms with Crippen molar-refractivity contribution in [1.29, 1.82) is 0 Å². The van der Waals surface area contributed by atoms with E-state index in [0.29, 0.717) is 10.8 Å². The molecule has 1 aromatic carbocycles. The number of benzene rings is 1. The van der Waals surface area contributed by atoms with Crippen LogP contribution in [0.4, 0.5) is 0 Å². The van der Waals surface area contributed by atoms with Crippen LogP contribution in [0, 0.1) is 0 Å². The Morgan fingerprint density at radius 1 is 1.43 bits per heavy atom. The van der Waals surface area contributed by atoms with E-state index in [2.05, 4.69) is 21.2 Å². The summed E-state index contributed by atoms with van der Waals surface area (Å²) in [7, 11) is 0. The summed E-state index contributed by atoms with van der Waals surface area (Å²) in [5, 5.41) is 4.56. The normalized spacial score (nSPS) is 18.8. The van der Waals surface area contributed by atoms with Crippen molar-refractivity contribution in [1.82, 2.24) is 5.32 Å². The number of halogens is 2. The minimum Gasteiger partial charge on any atom is -0.481 e. The van der Waals surface area contributed by atoms with E-state index in [1.54, 1.807) is 25.1 Å². The van der Waals surface area contributed by atoms with Crippen molar-refractivity contribution < 1.29 is 9.53 Å². The Hall–Kier alpha value is -0.740. The van der Waals surface area contributed by atoms with Gasteiger partial charge in [0.05, 0.1) is 0 Å². The molecule has 1 N–H and O–H groups in total. The van der Waals surface area contributed by atoms with Gasteiger partial charge in [0.2, 0.25) is 0 Å². The molecule has 0 bridgehead atoms. The molecule has 1 aromatic rings. The molecular weight excluding hydrogens is 354 g/mol. The Morgan fingerprint density at radius 2 is 2.14 bits per heavy atom. The predicted molar refractivity (Wildman–Crippen MR) is 89.3 cm³/mol. The Labute approximate surface area is 139 Å². The number of carbonyl (C=O) groups is 1. The van der Waals surface area contributed by atoms with E-state index in [1.807, 2.05) is 6.07 Å². The van der Waals surface area contributed by atoms with Crippen molar-refractivity contribution in [3.8, 4) is 5.75 Å². The second kappa shape index (κ2) is 7.50. The van der Waals surface area contributed by atoms with Crippen molar-refractivity contribution in [3.63, 3.8) is 0 Å². The summed E-state index contributed by atoms with van der Waals surface area (Å²) in [5.74, 6) is 0.540. The molecule has 0 spiro atoms.